The van der Waals surface area contributed by atoms with Crippen LogP contribution in [0.3, 0.4) is 0 Å². The third-order valence-electron chi connectivity index (χ3n) is 3.65. The molecule has 25 heavy (non-hydrogen) atoms. The van der Waals surface area contributed by atoms with Crippen LogP contribution in [0.2, 0.25) is 0 Å². The van der Waals surface area contributed by atoms with E-state index in [0.29, 0.717) is 5.56 Å². The normalized spacial score (nSPS) is 11.4. The number of nitrogens with one attached hydrogen (secondary N) is 2. The molecule has 0 aliphatic carbocycles. The molecule has 0 aliphatic rings. The van der Waals surface area contributed by atoms with Gasteiger partial charge in [-0.1, -0.05) is 54.6 Å². The molecule has 0 unspecified atom stereocenters. The lowest BCUT2D eigenvalue weighted by Gasteiger charge is -2.20. The number of carbonyl (C=O) groups excluding carboxylic acids is 1. The minimum absolute atomic E-state index is 0.244. The van der Waals surface area contributed by atoms with Crippen molar-refractivity contribution in [3.8, 4) is 0 Å². The van der Waals surface area contributed by atoms with Gasteiger partial charge in [-0.3, -0.25) is 15.1 Å². The van der Waals surface area contributed by atoms with E-state index in [1.165, 1.54) is 0 Å². The van der Waals surface area contributed by atoms with Crippen LogP contribution in [0.15, 0.2) is 85.1 Å². The molecule has 0 fully saturated rings. The zero-order valence-corrected chi connectivity index (χ0v) is 14.2. The number of benzene rings is 2. The van der Waals surface area contributed by atoms with Gasteiger partial charge in [0.15, 0.2) is 5.11 Å². The number of aromatic nitrogens is 1. The van der Waals surface area contributed by atoms with E-state index in [1.807, 2.05) is 66.7 Å². The molecule has 1 atom stereocenters. The second-order valence-corrected chi connectivity index (χ2v) is 5.80. The van der Waals surface area contributed by atoms with Crippen molar-refractivity contribution >= 4 is 23.2 Å². The maximum absolute atomic E-state index is 12.3. The minimum Gasteiger partial charge on any atom is -0.350 e. The van der Waals surface area contributed by atoms with Gasteiger partial charge in [0.2, 0.25) is 0 Å². The van der Waals surface area contributed by atoms with Crippen LogP contribution < -0.4 is 10.6 Å². The van der Waals surface area contributed by atoms with E-state index in [4.69, 9.17) is 12.2 Å². The molecule has 2 N–H and O–H groups in total. The Labute approximate surface area is 151 Å². The largest absolute Gasteiger partial charge is 0.350 e. The zero-order valence-electron chi connectivity index (χ0n) is 13.4. The van der Waals surface area contributed by atoms with Gasteiger partial charge in [0.05, 0.1) is 11.7 Å². The number of nitrogens with zero attached hydrogens (tertiary/aromatic N) is 1. The van der Waals surface area contributed by atoms with Crippen molar-refractivity contribution in [1.29, 1.82) is 0 Å². The molecular weight excluding hydrogens is 330 g/mol. The standard InChI is InChI=1S/C20H17N3OS/c24-19(16-11-5-2-6-12-16)23-20(25)22-18(15-9-3-1-4-10-15)17-13-7-8-14-21-17/h1-14,18H,(H2,22,23,24,25)/t18-/m0/s1. The summed E-state index contributed by atoms with van der Waals surface area (Å²) in [5.74, 6) is -0.245. The van der Waals surface area contributed by atoms with Gasteiger partial charge < -0.3 is 5.32 Å². The molecule has 124 valence electrons. The summed E-state index contributed by atoms with van der Waals surface area (Å²) in [5.41, 5.74) is 2.39. The second-order valence-electron chi connectivity index (χ2n) is 5.39. The first-order chi connectivity index (χ1) is 12.2. The molecule has 1 amide bonds. The van der Waals surface area contributed by atoms with Gasteiger partial charge >= 0.3 is 0 Å². The third-order valence-corrected chi connectivity index (χ3v) is 3.87. The molecule has 1 heterocycles. The van der Waals surface area contributed by atoms with Crippen molar-refractivity contribution in [2.75, 3.05) is 0 Å². The Balaban J connectivity index is 1.76. The average Bonchev–Trinajstić information content (AvgIpc) is 2.68. The highest BCUT2D eigenvalue weighted by Crippen LogP contribution is 2.19. The number of pyridine rings is 1. The van der Waals surface area contributed by atoms with E-state index in [0.717, 1.165) is 11.3 Å². The number of rotatable bonds is 4. The summed E-state index contributed by atoms with van der Waals surface area (Å²) in [7, 11) is 0. The average molecular weight is 347 g/mol. The van der Waals surface area contributed by atoms with Crippen molar-refractivity contribution in [1.82, 2.24) is 15.6 Å². The predicted octanol–water partition coefficient (Wildman–Crippen LogP) is 3.48. The predicted molar refractivity (Wildman–Crippen MR) is 102 cm³/mol. The van der Waals surface area contributed by atoms with Crippen molar-refractivity contribution in [2.24, 2.45) is 0 Å². The van der Waals surface area contributed by atoms with E-state index in [9.17, 15) is 4.79 Å². The van der Waals surface area contributed by atoms with Crippen molar-refractivity contribution in [3.63, 3.8) is 0 Å². The highest BCUT2D eigenvalue weighted by Gasteiger charge is 2.17. The molecule has 0 spiro atoms. The molecule has 1 aromatic heterocycles. The fourth-order valence-electron chi connectivity index (χ4n) is 2.45. The monoisotopic (exact) mass is 347 g/mol. The topological polar surface area (TPSA) is 54.0 Å². The summed E-state index contributed by atoms with van der Waals surface area (Å²) < 4.78 is 0. The Morgan fingerprint density at radius 2 is 1.52 bits per heavy atom. The quantitative estimate of drug-likeness (QED) is 0.710. The molecule has 0 bridgehead atoms. The van der Waals surface area contributed by atoms with Crippen LogP contribution in [-0.4, -0.2) is 16.0 Å². The number of hydrogen-bond acceptors (Lipinski definition) is 3. The molecule has 3 aromatic rings. The first kappa shape index (κ1) is 16.8. The molecule has 2 aromatic carbocycles. The smallest absolute Gasteiger partial charge is 0.257 e. The summed E-state index contributed by atoms with van der Waals surface area (Å²) in [6.45, 7) is 0. The molecule has 5 heteroatoms. The number of hydrogen-bond donors (Lipinski definition) is 2. The van der Waals surface area contributed by atoms with Gasteiger partial charge in [0.25, 0.3) is 5.91 Å². The van der Waals surface area contributed by atoms with E-state index < -0.39 is 0 Å². The Kier molecular flexibility index (Phi) is 5.49. The van der Waals surface area contributed by atoms with E-state index in [1.54, 1.807) is 18.3 Å². The summed E-state index contributed by atoms with van der Waals surface area (Å²) >= 11 is 5.34. The second kappa shape index (κ2) is 8.17. The van der Waals surface area contributed by atoms with Crippen LogP contribution >= 0.6 is 12.2 Å². The van der Waals surface area contributed by atoms with E-state index in [2.05, 4.69) is 15.6 Å². The van der Waals surface area contributed by atoms with Crippen LogP contribution in [0.5, 0.6) is 0 Å². The molecule has 0 aliphatic heterocycles. The minimum atomic E-state index is -0.245. The van der Waals surface area contributed by atoms with Crippen molar-refractivity contribution < 1.29 is 4.79 Å². The van der Waals surface area contributed by atoms with Crippen molar-refractivity contribution in [2.45, 2.75) is 6.04 Å². The number of thiocarbonyl (C=S) groups is 1. The molecule has 4 nitrogen and oxygen atoms in total. The first-order valence-corrected chi connectivity index (χ1v) is 8.27. The van der Waals surface area contributed by atoms with Crippen LogP contribution in [0.25, 0.3) is 0 Å². The molecule has 0 saturated carbocycles. The van der Waals surface area contributed by atoms with Crippen molar-refractivity contribution in [3.05, 3.63) is 102 Å². The van der Waals surface area contributed by atoms with Gasteiger partial charge in [0, 0.05) is 11.8 Å². The molecule has 3 rings (SSSR count). The number of carbonyl (C=O) groups is 1. The highest BCUT2D eigenvalue weighted by molar-refractivity contribution is 7.80. The summed E-state index contributed by atoms with van der Waals surface area (Å²) in [6.07, 6.45) is 1.73. The Morgan fingerprint density at radius 1 is 0.880 bits per heavy atom. The number of amides is 1. The van der Waals surface area contributed by atoms with E-state index >= 15 is 0 Å². The van der Waals surface area contributed by atoms with Gasteiger partial charge in [-0.2, -0.15) is 0 Å². The molecule has 0 saturated heterocycles. The van der Waals surface area contributed by atoms with E-state index in [-0.39, 0.29) is 17.1 Å². The van der Waals surface area contributed by atoms with Crippen LogP contribution in [0, 0.1) is 0 Å². The lowest BCUT2D eigenvalue weighted by Crippen LogP contribution is -2.41. The molecular formula is C20H17N3OS. The third kappa shape index (κ3) is 4.49. The van der Waals surface area contributed by atoms with Crippen LogP contribution in [-0.2, 0) is 0 Å². The van der Waals surface area contributed by atoms with Crippen LogP contribution in [0.4, 0.5) is 0 Å². The lowest BCUT2D eigenvalue weighted by molar-refractivity contribution is 0.0976. The SMILES string of the molecule is O=C(NC(=S)N[C@@H](c1ccccc1)c1ccccn1)c1ccccc1. The van der Waals surface area contributed by atoms with Gasteiger partial charge in [-0.25, -0.2) is 0 Å². The van der Waals surface area contributed by atoms with Gasteiger partial charge in [0.1, 0.15) is 0 Å². The highest BCUT2D eigenvalue weighted by atomic mass is 32.1. The first-order valence-electron chi connectivity index (χ1n) is 7.87. The fourth-order valence-corrected chi connectivity index (χ4v) is 2.66. The zero-order chi connectivity index (χ0) is 17.5. The summed E-state index contributed by atoms with van der Waals surface area (Å²) in [5, 5.41) is 6.16. The summed E-state index contributed by atoms with van der Waals surface area (Å²) in [4.78, 5) is 16.7. The Bertz CT molecular complexity index is 799. The Hall–Kier alpha value is -3.05. The fraction of sp³-hybridized carbons (Fsp3) is 0.0500. The summed E-state index contributed by atoms with van der Waals surface area (Å²) in [6, 6.07) is 24.3. The van der Waals surface area contributed by atoms with Gasteiger partial charge in [-0.15, -0.1) is 0 Å². The molecule has 0 radical (unpaired) electrons. The lowest BCUT2D eigenvalue weighted by atomic mass is 10.0. The van der Waals surface area contributed by atoms with Crippen LogP contribution in [0.1, 0.15) is 27.7 Å². The van der Waals surface area contributed by atoms with Gasteiger partial charge in [-0.05, 0) is 42.0 Å². The Morgan fingerprint density at radius 3 is 2.16 bits per heavy atom. The maximum atomic E-state index is 12.3. The maximum Gasteiger partial charge on any atom is 0.257 e.